The second-order valence-electron chi connectivity index (χ2n) is 5.61. The number of anilines is 1. The summed E-state index contributed by atoms with van der Waals surface area (Å²) in [5.41, 5.74) is -0.286. The Morgan fingerprint density at radius 3 is 2.52 bits per heavy atom. The molecule has 0 radical (unpaired) electrons. The lowest BCUT2D eigenvalue weighted by atomic mass is 10.2. The SMILES string of the molecule is O=S(=O)(Nc1ccccc1Cn1cccn1)c1cc(C(F)(F)F)ccc1Cl. The van der Waals surface area contributed by atoms with Gasteiger partial charge in [0.2, 0.25) is 0 Å². The van der Waals surface area contributed by atoms with Gasteiger partial charge in [-0.3, -0.25) is 9.40 Å². The Morgan fingerprint density at radius 1 is 1.11 bits per heavy atom. The summed E-state index contributed by atoms with van der Waals surface area (Å²) in [4.78, 5) is -0.645. The van der Waals surface area contributed by atoms with Crippen molar-refractivity contribution in [1.82, 2.24) is 9.78 Å². The topological polar surface area (TPSA) is 64.0 Å². The first-order chi connectivity index (χ1) is 12.7. The first-order valence-electron chi connectivity index (χ1n) is 7.62. The summed E-state index contributed by atoms with van der Waals surface area (Å²) in [6, 6.07) is 10.4. The first-order valence-corrected chi connectivity index (χ1v) is 9.48. The van der Waals surface area contributed by atoms with Crippen LogP contribution in [0.2, 0.25) is 5.02 Å². The fraction of sp³-hybridized carbons (Fsp3) is 0.118. The predicted molar refractivity (Wildman–Crippen MR) is 95.0 cm³/mol. The van der Waals surface area contributed by atoms with Gasteiger partial charge in [-0.1, -0.05) is 29.8 Å². The monoisotopic (exact) mass is 415 g/mol. The molecule has 0 aliphatic rings. The van der Waals surface area contributed by atoms with Crippen LogP contribution in [-0.4, -0.2) is 18.2 Å². The quantitative estimate of drug-likeness (QED) is 0.671. The lowest BCUT2D eigenvalue weighted by Gasteiger charge is -2.15. The molecule has 0 bridgehead atoms. The van der Waals surface area contributed by atoms with Crippen LogP contribution in [0.15, 0.2) is 65.8 Å². The van der Waals surface area contributed by atoms with E-state index in [4.69, 9.17) is 11.6 Å². The van der Waals surface area contributed by atoms with E-state index in [1.807, 2.05) is 0 Å². The summed E-state index contributed by atoms with van der Waals surface area (Å²) in [5.74, 6) is 0. The van der Waals surface area contributed by atoms with E-state index < -0.39 is 26.7 Å². The van der Waals surface area contributed by atoms with E-state index in [2.05, 4.69) is 9.82 Å². The number of hydrogen-bond acceptors (Lipinski definition) is 3. The molecule has 1 aromatic heterocycles. The van der Waals surface area contributed by atoms with Gasteiger partial charge in [-0.25, -0.2) is 8.42 Å². The number of alkyl halides is 3. The molecule has 1 N–H and O–H groups in total. The van der Waals surface area contributed by atoms with Gasteiger partial charge in [-0.05, 0) is 35.9 Å². The smallest absolute Gasteiger partial charge is 0.279 e. The Balaban J connectivity index is 1.96. The molecule has 142 valence electrons. The van der Waals surface area contributed by atoms with Crippen molar-refractivity contribution in [2.24, 2.45) is 0 Å². The highest BCUT2D eigenvalue weighted by molar-refractivity contribution is 7.92. The van der Waals surface area contributed by atoms with Gasteiger partial charge in [0.05, 0.1) is 22.8 Å². The predicted octanol–water partition coefficient (Wildman–Crippen LogP) is 4.40. The van der Waals surface area contributed by atoms with Crippen molar-refractivity contribution < 1.29 is 21.6 Å². The minimum Gasteiger partial charge on any atom is -0.279 e. The molecule has 0 fully saturated rings. The van der Waals surface area contributed by atoms with Crippen LogP contribution in [-0.2, 0) is 22.7 Å². The molecule has 0 unspecified atom stereocenters. The molecule has 0 aliphatic carbocycles. The zero-order chi connectivity index (χ0) is 19.7. The molecule has 0 saturated heterocycles. The number of halogens is 4. The molecule has 0 amide bonds. The molecule has 0 aliphatic heterocycles. The van der Waals surface area contributed by atoms with Crippen molar-refractivity contribution in [1.29, 1.82) is 0 Å². The summed E-state index contributed by atoms with van der Waals surface area (Å²) in [6.45, 7) is 0.280. The Kier molecular flexibility index (Phi) is 5.16. The molecule has 1 heterocycles. The summed E-state index contributed by atoms with van der Waals surface area (Å²) in [7, 11) is -4.34. The minimum atomic E-state index is -4.69. The summed E-state index contributed by atoms with van der Waals surface area (Å²) >= 11 is 5.85. The minimum absolute atomic E-state index is 0.224. The van der Waals surface area contributed by atoms with Crippen molar-refractivity contribution in [3.8, 4) is 0 Å². The number of benzene rings is 2. The van der Waals surface area contributed by atoms with Crippen LogP contribution < -0.4 is 4.72 Å². The highest BCUT2D eigenvalue weighted by Crippen LogP contribution is 2.34. The van der Waals surface area contributed by atoms with E-state index in [-0.39, 0.29) is 17.3 Å². The highest BCUT2D eigenvalue weighted by atomic mass is 35.5. The lowest BCUT2D eigenvalue weighted by Crippen LogP contribution is -2.17. The molecule has 2 aromatic carbocycles. The number of nitrogens with one attached hydrogen (secondary N) is 1. The molecular formula is C17H13ClF3N3O2S. The van der Waals surface area contributed by atoms with Crippen molar-refractivity contribution in [2.45, 2.75) is 17.6 Å². The number of rotatable bonds is 5. The fourth-order valence-corrected chi connectivity index (χ4v) is 4.04. The van der Waals surface area contributed by atoms with Crippen LogP contribution >= 0.6 is 11.6 Å². The maximum absolute atomic E-state index is 12.9. The molecule has 3 rings (SSSR count). The third-order valence-corrected chi connectivity index (χ3v) is 5.55. The van der Waals surface area contributed by atoms with E-state index in [9.17, 15) is 21.6 Å². The maximum atomic E-state index is 12.9. The van der Waals surface area contributed by atoms with Crippen LogP contribution in [0, 0.1) is 0 Å². The zero-order valence-electron chi connectivity index (χ0n) is 13.6. The number of nitrogens with zero attached hydrogens (tertiary/aromatic N) is 2. The van der Waals surface area contributed by atoms with E-state index in [1.165, 1.54) is 6.07 Å². The standard InChI is InChI=1S/C17H13ClF3N3O2S/c18-14-7-6-13(17(19,20)21)10-16(14)27(25,26)23-15-5-2-1-4-12(15)11-24-9-3-8-22-24/h1-10,23H,11H2. The van der Waals surface area contributed by atoms with Crippen molar-refractivity contribution in [2.75, 3.05) is 4.72 Å². The molecule has 5 nitrogen and oxygen atoms in total. The van der Waals surface area contributed by atoms with Crippen LogP contribution in [0.3, 0.4) is 0 Å². The highest BCUT2D eigenvalue weighted by Gasteiger charge is 2.32. The largest absolute Gasteiger partial charge is 0.416 e. The molecule has 10 heteroatoms. The van der Waals surface area contributed by atoms with Crippen molar-refractivity contribution >= 4 is 27.3 Å². The third-order valence-electron chi connectivity index (χ3n) is 3.70. The zero-order valence-corrected chi connectivity index (χ0v) is 15.2. The van der Waals surface area contributed by atoms with Gasteiger partial charge in [0.1, 0.15) is 4.90 Å². The second kappa shape index (κ2) is 7.24. The van der Waals surface area contributed by atoms with Gasteiger partial charge in [-0.2, -0.15) is 18.3 Å². The average molecular weight is 416 g/mol. The molecule has 0 saturated carbocycles. The normalized spacial score (nSPS) is 12.1. The molecule has 0 atom stereocenters. The Bertz CT molecular complexity index is 1050. The van der Waals surface area contributed by atoms with Gasteiger partial charge in [0, 0.05) is 12.4 Å². The third kappa shape index (κ3) is 4.42. The van der Waals surface area contributed by atoms with Crippen LogP contribution in [0.1, 0.15) is 11.1 Å². The first kappa shape index (κ1) is 19.2. The summed E-state index contributed by atoms with van der Waals surface area (Å²) < 4.78 is 68.0. The lowest BCUT2D eigenvalue weighted by molar-refractivity contribution is -0.137. The average Bonchev–Trinajstić information content (AvgIpc) is 3.08. The van der Waals surface area contributed by atoms with E-state index in [0.717, 1.165) is 12.1 Å². The van der Waals surface area contributed by atoms with Gasteiger partial charge in [0.15, 0.2) is 0 Å². The summed E-state index contributed by atoms with van der Waals surface area (Å²) in [6.07, 6.45) is -1.41. The second-order valence-corrected chi connectivity index (χ2v) is 7.67. The number of para-hydroxylation sites is 1. The van der Waals surface area contributed by atoms with Gasteiger partial charge >= 0.3 is 6.18 Å². The van der Waals surface area contributed by atoms with Crippen LogP contribution in [0.4, 0.5) is 18.9 Å². The van der Waals surface area contributed by atoms with Crippen LogP contribution in [0.25, 0.3) is 0 Å². The Morgan fingerprint density at radius 2 is 1.85 bits per heavy atom. The fourth-order valence-electron chi connectivity index (χ4n) is 2.41. The van der Waals surface area contributed by atoms with Crippen molar-refractivity contribution in [3.63, 3.8) is 0 Å². The van der Waals surface area contributed by atoms with E-state index >= 15 is 0 Å². The number of sulfonamides is 1. The van der Waals surface area contributed by atoms with E-state index in [0.29, 0.717) is 11.6 Å². The van der Waals surface area contributed by atoms with Gasteiger partial charge in [0.25, 0.3) is 10.0 Å². The molecule has 27 heavy (non-hydrogen) atoms. The van der Waals surface area contributed by atoms with Gasteiger partial charge < -0.3 is 0 Å². The number of aromatic nitrogens is 2. The number of hydrogen-bond donors (Lipinski definition) is 1. The maximum Gasteiger partial charge on any atom is 0.416 e. The summed E-state index contributed by atoms with van der Waals surface area (Å²) in [5, 5.41) is 3.75. The Labute approximate surface area is 158 Å². The molecule has 0 spiro atoms. The molecular weight excluding hydrogens is 403 g/mol. The Hall–Kier alpha value is -2.52. The van der Waals surface area contributed by atoms with E-state index in [1.54, 1.807) is 41.3 Å². The van der Waals surface area contributed by atoms with Crippen molar-refractivity contribution in [3.05, 3.63) is 77.1 Å². The van der Waals surface area contributed by atoms with Gasteiger partial charge in [-0.15, -0.1) is 0 Å². The molecule has 3 aromatic rings. The van der Waals surface area contributed by atoms with Crippen LogP contribution in [0.5, 0.6) is 0 Å².